The molecule has 0 atom stereocenters. The molecule has 1 amide bonds. The van der Waals surface area contributed by atoms with E-state index in [4.69, 9.17) is 4.42 Å². The van der Waals surface area contributed by atoms with E-state index in [9.17, 15) is 4.79 Å². The molecule has 0 N–H and O–H groups in total. The molecule has 7 heteroatoms. The van der Waals surface area contributed by atoms with Crippen LogP contribution < -0.4 is 0 Å². The van der Waals surface area contributed by atoms with Crippen LogP contribution in [0, 0.1) is 0 Å². The molecule has 1 aromatic carbocycles. The predicted molar refractivity (Wildman–Crippen MR) is 119 cm³/mol. The zero-order valence-electron chi connectivity index (χ0n) is 18.6. The van der Waals surface area contributed by atoms with Gasteiger partial charge in [-0.05, 0) is 30.2 Å². The minimum absolute atomic E-state index is 0.0405. The Morgan fingerprint density at radius 2 is 1.87 bits per heavy atom. The van der Waals surface area contributed by atoms with Gasteiger partial charge >= 0.3 is 0 Å². The average molecular weight is 422 g/mol. The molecule has 0 radical (unpaired) electrons. The van der Waals surface area contributed by atoms with Crippen molar-refractivity contribution in [2.75, 3.05) is 26.2 Å². The minimum Gasteiger partial charge on any atom is -0.444 e. The Kier molecular flexibility index (Phi) is 6.23. The van der Waals surface area contributed by atoms with Crippen LogP contribution in [0.4, 0.5) is 0 Å². The second-order valence-electron chi connectivity index (χ2n) is 9.19. The fraction of sp³-hybridized carbons (Fsp3) is 0.458. The first-order chi connectivity index (χ1) is 14.9. The van der Waals surface area contributed by atoms with E-state index in [0.717, 1.165) is 48.8 Å². The van der Waals surface area contributed by atoms with Gasteiger partial charge in [0.25, 0.3) is 5.91 Å². The van der Waals surface area contributed by atoms with Crippen LogP contribution in [0.25, 0.3) is 0 Å². The highest BCUT2D eigenvalue weighted by molar-refractivity contribution is 5.94. The van der Waals surface area contributed by atoms with Gasteiger partial charge in [-0.15, -0.1) is 0 Å². The van der Waals surface area contributed by atoms with Crippen LogP contribution in [0.1, 0.15) is 54.8 Å². The maximum atomic E-state index is 13.0. The lowest BCUT2D eigenvalue weighted by Crippen LogP contribution is -2.35. The largest absolute Gasteiger partial charge is 0.444 e. The van der Waals surface area contributed by atoms with E-state index in [-0.39, 0.29) is 11.3 Å². The number of benzene rings is 1. The molecule has 3 aromatic rings. The number of carbonyl (C=O) groups excluding carboxylic acids is 1. The van der Waals surface area contributed by atoms with Crippen LogP contribution in [0.3, 0.4) is 0 Å². The molecule has 1 saturated heterocycles. The lowest BCUT2D eigenvalue weighted by Gasteiger charge is -2.21. The molecule has 7 nitrogen and oxygen atoms in total. The van der Waals surface area contributed by atoms with Crippen molar-refractivity contribution in [2.24, 2.45) is 0 Å². The molecule has 2 aromatic heterocycles. The summed E-state index contributed by atoms with van der Waals surface area (Å²) in [6, 6.07) is 9.77. The molecule has 1 fully saturated rings. The molecule has 1 aliphatic rings. The van der Waals surface area contributed by atoms with E-state index in [0.29, 0.717) is 19.6 Å². The van der Waals surface area contributed by atoms with E-state index < -0.39 is 0 Å². The van der Waals surface area contributed by atoms with Gasteiger partial charge in [0, 0.05) is 49.6 Å². The summed E-state index contributed by atoms with van der Waals surface area (Å²) in [7, 11) is 0. The third-order valence-corrected chi connectivity index (χ3v) is 5.63. The Morgan fingerprint density at radius 1 is 1.06 bits per heavy atom. The molecule has 3 heterocycles. The smallest absolute Gasteiger partial charge is 0.253 e. The number of carbonyl (C=O) groups is 1. The first-order valence-corrected chi connectivity index (χ1v) is 10.9. The highest BCUT2D eigenvalue weighted by Crippen LogP contribution is 2.23. The summed E-state index contributed by atoms with van der Waals surface area (Å²) >= 11 is 0. The van der Waals surface area contributed by atoms with Gasteiger partial charge < -0.3 is 9.32 Å². The summed E-state index contributed by atoms with van der Waals surface area (Å²) in [6.45, 7) is 11.0. The van der Waals surface area contributed by atoms with Crippen molar-refractivity contribution in [1.29, 1.82) is 0 Å². The SMILES string of the molecule is CC(C)(C)c1cnc(CN2CCCN(C(=O)c3ccc(Cn4cccn4)cc3)CC2)o1. The quantitative estimate of drug-likeness (QED) is 0.630. The Bertz CT molecular complexity index is 986. The van der Waals surface area contributed by atoms with Crippen LogP contribution in [0.2, 0.25) is 0 Å². The maximum Gasteiger partial charge on any atom is 0.253 e. The van der Waals surface area contributed by atoms with Crippen molar-refractivity contribution >= 4 is 5.91 Å². The Labute approximate surface area is 183 Å². The van der Waals surface area contributed by atoms with Crippen LogP contribution in [-0.4, -0.2) is 56.7 Å². The first kappa shape index (κ1) is 21.3. The summed E-state index contributed by atoms with van der Waals surface area (Å²) in [4.78, 5) is 21.7. The zero-order valence-corrected chi connectivity index (χ0v) is 18.6. The van der Waals surface area contributed by atoms with Gasteiger partial charge in [0.1, 0.15) is 5.76 Å². The second-order valence-corrected chi connectivity index (χ2v) is 9.19. The van der Waals surface area contributed by atoms with E-state index in [2.05, 4.69) is 35.8 Å². The van der Waals surface area contributed by atoms with E-state index in [1.807, 2.05) is 52.3 Å². The third kappa shape index (κ3) is 5.41. The summed E-state index contributed by atoms with van der Waals surface area (Å²) in [5, 5.41) is 4.23. The van der Waals surface area contributed by atoms with E-state index in [1.165, 1.54) is 0 Å². The molecule has 0 bridgehead atoms. The van der Waals surface area contributed by atoms with Gasteiger partial charge in [0.2, 0.25) is 5.89 Å². The molecule has 31 heavy (non-hydrogen) atoms. The van der Waals surface area contributed by atoms with E-state index >= 15 is 0 Å². The number of aromatic nitrogens is 3. The number of rotatable bonds is 5. The zero-order chi connectivity index (χ0) is 21.8. The summed E-state index contributed by atoms with van der Waals surface area (Å²) in [5.74, 6) is 1.75. The summed E-state index contributed by atoms with van der Waals surface area (Å²) in [6.07, 6.45) is 6.48. The fourth-order valence-corrected chi connectivity index (χ4v) is 3.77. The average Bonchev–Trinajstić information content (AvgIpc) is 3.37. The van der Waals surface area contributed by atoms with Crippen LogP contribution in [0.15, 0.2) is 53.3 Å². The molecule has 164 valence electrons. The van der Waals surface area contributed by atoms with Crippen LogP contribution in [-0.2, 0) is 18.5 Å². The fourth-order valence-electron chi connectivity index (χ4n) is 3.77. The standard InChI is InChI=1S/C24H31N5O2/c1-24(2,3)21-16-25-22(31-21)18-27-11-5-12-28(15-14-27)23(30)20-8-6-19(7-9-20)17-29-13-4-10-26-29/h4,6-10,13,16H,5,11-12,14-15,17-18H2,1-3H3. The van der Waals surface area contributed by atoms with Crippen molar-refractivity contribution in [1.82, 2.24) is 24.6 Å². The van der Waals surface area contributed by atoms with Gasteiger partial charge in [-0.25, -0.2) is 4.98 Å². The normalized spacial score (nSPS) is 15.8. The topological polar surface area (TPSA) is 67.4 Å². The number of nitrogens with zero attached hydrogens (tertiary/aromatic N) is 5. The molecule has 0 aliphatic carbocycles. The molecule has 0 saturated carbocycles. The molecule has 1 aliphatic heterocycles. The predicted octanol–water partition coefficient (Wildman–Crippen LogP) is 3.57. The van der Waals surface area contributed by atoms with Gasteiger partial charge in [0.15, 0.2) is 0 Å². The summed E-state index contributed by atoms with van der Waals surface area (Å²) in [5.41, 5.74) is 1.82. The summed E-state index contributed by atoms with van der Waals surface area (Å²) < 4.78 is 7.82. The lowest BCUT2D eigenvalue weighted by molar-refractivity contribution is 0.0760. The van der Waals surface area contributed by atoms with Gasteiger partial charge in [-0.1, -0.05) is 32.9 Å². The van der Waals surface area contributed by atoms with Crippen molar-refractivity contribution in [3.8, 4) is 0 Å². The number of hydrogen-bond donors (Lipinski definition) is 0. The Hall–Kier alpha value is -2.93. The van der Waals surface area contributed by atoms with Crippen molar-refractivity contribution in [3.05, 3.63) is 71.7 Å². The van der Waals surface area contributed by atoms with Crippen LogP contribution >= 0.6 is 0 Å². The van der Waals surface area contributed by atoms with E-state index in [1.54, 1.807) is 6.20 Å². The van der Waals surface area contributed by atoms with Gasteiger partial charge in [0.05, 0.1) is 19.3 Å². The minimum atomic E-state index is -0.0405. The van der Waals surface area contributed by atoms with Gasteiger partial charge in [-0.3, -0.25) is 14.4 Å². The van der Waals surface area contributed by atoms with Crippen LogP contribution in [0.5, 0.6) is 0 Å². The first-order valence-electron chi connectivity index (χ1n) is 10.9. The molecule has 0 spiro atoms. The number of amides is 1. The van der Waals surface area contributed by atoms with Crippen molar-refractivity contribution in [2.45, 2.75) is 45.7 Å². The molecular weight excluding hydrogens is 390 g/mol. The van der Waals surface area contributed by atoms with Crippen molar-refractivity contribution < 1.29 is 9.21 Å². The molecular formula is C24H31N5O2. The highest BCUT2D eigenvalue weighted by atomic mass is 16.4. The highest BCUT2D eigenvalue weighted by Gasteiger charge is 2.23. The Morgan fingerprint density at radius 3 is 2.55 bits per heavy atom. The third-order valence-electron chi connectivity index (χ3n) is 5.63. The number of oxazole rings is 1. The monoisotopic (exact) mass is 421 g/mol. The maximum absolute atomic E-state index is 13.0. The molecule has 0 unspecified atom stereocenters. The lowest BCUT2D eigenvalue weighted by atomic mass is 9.94. The van der Waals surface area contributed by atoms with Crippen molar-refractivity contribution in [3.63, 3.8) is 0 Å². The second kappa shape index (κ2) is 9.06. The number of hydrogen-bond acceptors (Lipinski definition) is 5. The Balaban J connectivity index is 1.32. The van der Waals surface area contributed by atoms with Gasteiger partial charge in [-0.2, -0.15) is 5.10 Å². The molecule has 4 rings (SSSR count).